The second-order valence-corrected chi connectivity index (χ2v) is 5.07. The summed E-state index contributed by atoms with van der Waals surface area (Å²) in [5.41, 5.74) is 7.71. The van der Waals surface area contributed by atoms with Gasteiger partial charge in [0.25, 0.3) is 5.91 Å². The predicted molar refractivity (Wildman–Crippen MR) is 73.9 cm³/mol. The Morgan fingerprint density at radius 1 is 1.22 bits per heavy atom. The molecular weight excluding hydrogens is 226 g/mol. The minimum atomic E-state index is 0.118. The van der Waals surface area contributed by atoms with E-state index in [1.807, 2.05) is 48.2 Å². The van der Waals surface area contributed by atoms with Crippen molar-refractivity contribution >= 4 is 11.6 Å². The summed E-state index contributed by atoms with van der Waals surface area (Å²) in [5, 5.41) is 0. The Morgan fingerprint density at radius 3 is 2.28 bits per heavy atom. The van der Waals surface area contributed by atoms with Crippen LogP contribution in [0.15, 0.2) is 24.3 Å². The van der Waals surface area contributed by atoms with Gasteiger partial charge in [-0.2, -0.15) is 0 Å². The highest BCUT2D eigenvalue weighted by atomic mass is 16.2. The fourth-order valence-corrected chi connectivity index (χ4v) is 2.19. The molecule has 0 unspecified atom stereocenters. The zero-order valence-electron chi connectivity index (χ0n) is 11.1. The molecule has 0 bridgehead atoms. The van der Waals surface area contributed by atoms with E-state index in [0.717, 1.165) is 37.2 Å². The first-order chi connectivity index (χ1) is 8.58. The molecule has 1 aromatic carbocycles. The standard InChI is InChI=1S/C14H21N3O/c1-16(2)13-5-3-11(4-6-13)14(18)17-9-7-12(15)8-10-17/h3-6,12H,7-10,15H2,1-2H3. The van der Waals surface area contributed by atoms with Gasteiger partial charge in [0.05, 0.1) is 0 Å². The van der Waals surface area contributed by atoms with Crippen LogP contribution in [0.4, 0.5) is 5.69 Å². The fourth-order valence-electron chi connectivity index (χ4n) is 2.19. The zero-order valence-corrected chi connectivity index (χ0v) is 11.1. The molecule has 18 heavy (non-hydrogen) atoms. The summed E-state index contributed by atoms with van der Waals surface area (Å²) in [4.78, 5) is 16.2. The summed E-state index contributed by atoms with van der Waals surface area (Å²) >= 11 is 0. The number of nitrogens with zero attached hydrogens (tertiary/aromatic N) is 2. The normalized spacial score (nSPS) is 16.7. The number of benzene rings is 1. The van der Waals surface area contributed by atoms with E-state index in [1.54, 1.807) is 0 Å². The van der Waals surface area contributed by atoms with Crippen molar-refractivity contribution in [2.24, 2.45) is 5.73 Å². The Kier molecular flexibility index (Phi) is 3.87. The van der Waals surface area contributed by atoms with Crippen molar-refractivity contribution in [2.45, 2.75) is 18.9 Å². The highest BCUT2D eigenvalue weighted by Crippen LogP contribution is 2.16. The summed E-state index contributed by atoms with van der Waals surface area (Å²) in [6, 6.07) is 8.00. The minimum Gasteiger partial charge on any atom is -0.378 e. The third kappa shape index (κ3) is 2.82. The third-order valence-corrected chi connectivity index (χ3v) is 3.46. The average Bonchev–Trinajstić information content (AvgIpc) is 2.39. The van der Waals surface area contributed by atoms with E-state index in [4.69, 9.17) is 5.73 Å². The first-order valence-corrected chi connectivity index (χ1v) is 6.40. The van der Waals surface area contributed by atoms with E-state index >= 15 is 0 Å². The van der Waals surface area contributed by atoms with Gasteiger partial charge in [-0.05, 0) is 37.1 Å². The molecule has 1 amide bonds. The maximum absolute atomic E-state index is 12.3. The summed E-state index contributed by atoms with van der Waals surface area (Å²) in [6.07, 6.45) is 1.81. The molecule has 0 radical (unpaired) electrons. The number of carbonyl (C=O) groups is 1. The molecule has 0 aromatic heterocycles. The lowest BCUT2D eigenvalue weighted by atomic mass is 10.0. The lowest BCUT2D eigenvalue weighted by Crippen LogP contribution is -2.42. The van der Waals surface area contributed by atoms with Crippen LogP contribution in [-0.4, -0.2) is 44.0 Å². The molecule has 98 valence electrons. The number of carbonyl (C=O) groups excluding carboxylic acids is 1. The van der Waals surface area contributed by atoms with Crippen LogP contribution in [0.1, 0.15) is 23.2 Å². The SMILES string of the molecule is CN(C)c1ccc(C(=O)N2CCC(N)CC2)cc1. The number of anilines is 1. The molecule has 1 fully saturated rings. The van der Waals surface area contributed by atoms with Gasteiger partial charge in [0.1, 0.15) is 0 Å². The van der Waals surface area contributed by atoms with Gasteiger partial charge in [0.15, 0.2) is 0 Å². The number of nitrogens with two attached hydrogens (primary N) is 1. The molecule has 1 saturated heterocycles. The van der Waals surface area contributed by atoms with Crippen molar-refractivity contribution in [2.75, 3.05) is 32.1 Å². The van der Waals surface area contributed by atoms with Gasteiger partial charge >= 0.3 is 0 Å². The van der Waals surface area contributed by atoms with Crippen molar-refractivity contribution < 1.29 is 4.79 Å². The van der Waals surface area contributed by atoms with E-state index in [2.05, 4.69) is 0 Å². The van der Waals surface area contributed by atoms with E-state index in [9.17, 15) is 4.79 Å². The molecule has 1 aliphatic rings. The second kappa shape index (κ2) is 5.40. The Bertz CT molecular complexity index is 406. The van der Waals surface area contributed by atoms with Crippen molar-refractivity contribution in [3.63, 3.8) is 0 Å². The van der Waals surface area contributed by atoms with E-state index in [1.165, 1.54) is 0 Å². The molecule has 1 aromatic rings. The maximum Gasteiger partial charge on any atom is 0.253 e. The minimum absolute atomic E-state index is 0.118. The molecule has 0 atom stereocenters. The van der Waals surface area contributed by atoms with Crippen LogP contribution in [0.25, 0.3) is 0 Å². The molecule has 4 nitrogen and oxygen atoms in total. The van der Waals surface area contributed by atoms with Crippen LogP contribution >= 0.6 is 0 Å². The summed E-state index contributed by atoms with van der Waals surface area (Å²) in [7, 11) is 3.98. The number of likely N-dealkylation sites (tertiary alicyclic amines) is 1. The predicted octanol–water partition coefficient (Wildman–Crippen LogP) is 1.32. The number of amides is 1. The lowest BCUT2D eigenvalue weighted by molar-refractivity contribution is 0.0715. The highest BCUT2D eigenvalue weighted by Gasteiger charge is 2.21. The smallest absolute Gasteiger partial charge is 0.253 e. The number of rotatable bonds is 2. The lowest BCUT2D eigenvalue weighted by Gasteiger charge is -2.30. The quantitative estimate of drug-likeness (QED) is 0.857. The molecule has 4 heteroatoms. The van der Waals surface area contributed by atoms with Crippen LogP contribution < -0.4 is 10.6 Å². The largest absolute Gasteiger partial charge is 0.378 e. The summed E-state index contributed by atoms with van der Waals surface area (Å²) < 4.78 is 0. The van der Waals surface area contributed by atoms with Gasteiger partial charge in [-0.3, -0.25) is 4.79 Å². The molecular formula is C14H21N3O. The number of hydrogen-bond acceptors (Lipinski definition) is 3. The summed E-state index contributed by atoms with van der Waals surface area (Å²) in [5.74, 6) is 0.118. The van der Waals surface area contributed by atoms with Crippen molar-refractivity contribution in [1.82, 2.24) is 4.90 Å². The molecule has 1 heterocycles. The molecule has 1 aliphatic heterocycles. The van der Waals surface area contributed by atoms with E-state index in [0.29, 0.717) is 0 Å². The second-order valence-electron chi connectivity index (χ2n) is 5.07. The van der Waals surface area contributed by atoms with Crippen molar-refractivity contribution in [3.05, 3.63) is 29.8 Å². The van der Waals surface area contributed by atoms with Crippen molar-refractivity contribution in [1.29, 1.82) is 0 Å². The Hall–Kier alpha value is -1.55. The Labute approximate surface area is 108 Å². The van der Waals surface area contributed by atoms with Crippen LogP contribution in [0.2, 0.25) is 0 Å². The number of piperidine rings is 1. The van der Waals surface area contributed by atoms with E-state index < -0.39 is 0 Å². The topological polar surface area (TPSA) is 49.6 Å². The Balaban J connectivity index is 2.04. The van der Waals surface area contributed by atoms with Crippen LogP contribution in [-0.2, 0) is 0 Å². The fraction of sp³-hybridized carbons (Fsp3) is 0.500. The van der Waals surface area contributed by atoms with Crippen LogP contribution in [0, 0.1) is 0 Å². The maximum atomic E-state index is 12.3. The summed E-state index contributed by atoms with van der Waals surface area (Å²) in [6.45, 7) is 1.55. The van der Waals surface area contributed by atoms with Gasteiger partial charge in [-0.25, -0.2) is 0 Å². The molecule has 0 saturated carbocycles. The van der Waals surface area contributed by atoms with Crippen molar-refractivity contribution in [3.8, 4) is 0 Å². The monoisotopic (exact) mass is 247 g/mol. The Morgan fingerprint density at radius 2 is 1.78 bits per heavy atom. The average molecular weight is 247 g/mol. The molecule has 0 spiro atoms. The first kappa shape index (κ1) is 12.9. The van der Waals surface area contributed by atoms with Gasteiger partial charge in [-0.15, -0.1) is 0 Å². The zero-order chi connectivity index (χ0) is 13.1. The van der Waals surface area contributed by atoms with Gasteiger partial charge in [0.2, 0.25) is 0 Å². The third-order valence-electron chi connectivity index (χ3n) is 3.46. The first-order valence-electron chi connectivity index (χ1n) is 6.40. The van der Waals surface area contributed by atoms with Crippen LogP contribution in [0.5, 0.6) is 0 Å². The number of hydrogen-bond donors (Lipinski definition) is 1. The van der Waals surface area contributed by atoms with Gasteiger partial charge in [0, 0.05) is 44.5 Å². The van der Waals surface area contributed by atoms with Gasteiger partial charge in [-0.1, -0.05) is 0 Å². The van der Waals surface area contributed by atoms with E-state index in [-0.39, 0.29) is 11.9 Å². The molecule has 0 aliphatic carbocycles. The van der Waals surface area contributed by atoms with Gasteiger partial charge < -0.3 is 15.5 Å². The van der Waals surface area contributed by atoms with Crippen LogP contribution in [0.3, 0.4) is 0 Å². The molecule has 2 rings (SSSR count). The molecule has 2 N–H and O–H groups in total. The highest BCUT2D eigenvalue weighted by molar-refractivity contribution is 5.94.